The standard InChI is InChI=1S/C22H39N2Si2.C7H7.Zr/c1-16-17(2)21(26(9,10)24-22(4,5)6)18(3)20(16)25(7,8)23-19-14-12-11-13-15-19;1-7-5-3-2-4-6-7;/h11-17,20-21H,1-10H3;2-6H,1H2;/q-3;-1;+4. The smallest absolute Gasteiger partial charge is 0.688 e. The molecule has 2 aromatic carbocycles. The minimum Gasteiger partial charge on any atom is -0.688 e. The van der Waals surface area contributed by atoms with Crippen LogP contribution >= 0.6 is 0 Å². The molecule has 4 atom stereocenters. The molecule has 2 nitrogen and oxygen atoms in total. The van der Waals surface area contributed by atoms with Gasteiger partial charge in [0.25, 0.3) is 0 Å². The molecule has 1 aliphatic rings. The topological polar surface area (TPSA) is 28.2 Å². The first-order chi connectivity index (χ1) is 15.2. The van der Waals surface area contributed by atoms with E-state index in [4.69, 9.17) is 9.96 Å². The molecule has 1 saturated carbocycles. The summed E-state index contributed by atoms with van der Waals surface area (Å²) >= 11 is 0. The molecule has 0 radical (unpaired) electrons. The first-order valence-electron chi connectivity index (χ1n) is 12.4. The van der Waals surface area contributed by atoms with Gasteiger partial charge in [0.15, 0.2) is 0 Å². The number of rotatable bonds is 5. The van der Waals surface area contributed by atoms with E-state index < -0.39 is 16.5 Å². The summed E-state index contributed by atoms with van der Waals surface area (Å²) in [7, 11) is -3.51. The molecule has 3 rings (SSSR count). The van der Waals surface area contributed by atoms with Gasteiger partial charge < -0.3 is 15.9 Å². The molecule has 5 heteroatoms. The number of hydrogen-bond donors (Lipinski definition) is 0. The van der Waals surface area contributed by atoms with Crippen molar-refractivity contribution in [3.63, 3.8) is 0 Å². The van der Waals surface area contributed by atoms with Crippen LogP contribution in [0.1, 0.15) is 47.1 Å². The molecular formula is C29H46N2Si2Zr. The monoisotopic (exact) mass is 568 g/mol. The average Bonchev–Trinajstić information content (AvgIpc) is 2.91. The van der Waals surface area contributed by atoms with Crippen molar-refractivity contribution in [3.05, 3.63) is 89.0 Å². The molecule has 184 valence electrons. The molecule has 0 aromatic heterocycles. The van der Waals surface area contributed by atoms with Crippen LogP contribution < -0.4 is 0 Å². The quantitative estimate of drug-likeness (QED) is 0.253. The van der Waals surface area contributed by atoms with Crippen LogP contribution in [-0.2, 0) is 26.2 Å². The fraction of sp³-hybridized carbons (Fsp3) is 0.517. The summed E-state index contributed by atoms with van der Waals surface area (Å²) in [4.78, 5) is 10.7. The van der Waals surface area contributed by atoms with Gasteiger partial charge in [-0.2, -0.15) is 42.6 Å². The zero-order chi connectivity index (χ0) is 25.0. The van der Waals surface area contributed by atoms with E-state index in [1.54, 1.807) is 5.92 Å². The minimum absolute atomic E-state index is 0. The van der Waals surface area contributed by atoms with E-state index in [-0.39, 0.29) is 31.7 Å². The Bertz CT molecular complexity index is 849. The van der Waals surface area contributed by atoms with Crippen LogP contribution in [0.4, 0.5) is 5.69 Å². The Morgan fingerprint density at radius 1 is 0.765 bits per heavy atom. The van der Waals surface area contributed by atoms with E-state index in [0.717, 1.165) is 11.3 Å². The van der Waals surface area contributed by atoms with Gasteiger partial charge in [0.1, 0.15) is 0 Å². The molecule has 0 bridgehead atoms. The summed E-state index contributed by atoms with van der Waals surface area (Å²) in [6.07, 6.45) is 0. The van der Waals surface area contributed by atoms with Crippen LogP contribution in [-0.4, -0.2) is 22.0 Å². The van der Waals surface area contributed by atoms with Crippen molar-refractivity contribution in [1.82, 2.24) is 0 Å². The van der Waals surface area contributed by atoms with Crippen LogP contribution in [0.2, 0.25) is 37.3 Å². The van der Waals surface area contributed by atoms with Crippen LogP contribution in [0.3, 0.4) is 0 Å². The summed E-state index contributed by atoms with van der Waals surface area (Å²) in [5, 5.41) is 0. The van der Waals surface area contributed by atoms with Gasteiger partial charge in [0.05, 0.1) is 0 Å². The van der Waals surface area contributed by atoms with Crippen molar-refractivity contribution < 1.29 is 26.2 Å². The number of nitrogens with zero attached hydrogens (tertiary/aromatic N) is 2. The third-order valence-electron chi connectivity index (χ3n) is 7.02. The second kappa shape index (κ2) is 12.6. The van der Waals surface area contributed by atoms with Crippen molar-refractivity contribution in [3.8, 4) is 0 Å². The van der Waals surface area contributed by atoms with E-state index in [1.165, 1.54) is 0 Å². The molecule has 34 heavy (non-hydrogen) atoms. The third kappa shape index (κ3) is 8.50. The van der Waals surface area contributed by atoms with Crippen LogP contribution in [0.25, 0.3) is 9.96 Å². The van der Waals surface area contributed by atoms with Gasteiger partial charge in [-0.25, -0.2) is 0 Å². The first kappa shape index (κ1) is 31.4. The maximum absolute atomic E-state index is 5.36. The molecule has 0 spiro atoms. The SMILES string of the molecule is C[C-]1C([Si](C)(C)[N-]c2ccccc2)C(C)C(C)C1[Si](C)(C)[N-]C(C)(C)C.[CH2-]c1ccccc1.[Zr+4]. The first-order valence-corrected chi connectivity index (χ1v) is 18.4. The molecule has 0 amide bonds. The Labute approximate surface area is 232 Å². The van der Waals surface area contributed by atoms with Crippen molar-refractivity contribution in [2.45, 2.75) is 84.4 Å². The Morgan fingerprint density at radius 3 is 1.56 bits per heavy atom. The van der Waals surface area contributed by atoms with Crippen molar-refractivity contribution in [1.29, 1.82) is 0 Å². The summed E-state index contributed by atoms with van der Waals surface area (Å²) in [5.74, 6) is 3.09. The Morgan fingerprint density at radius 2 is 1.18 bits per heavy atom. The summed E-state index contributed by atoms with van der Waals surface area (Å²) in [6, 6.07) is 20.4. The van der Waals surface area contributed by atoms with E-state index in [0.29, 0.717) is 22.9 Å². The summed E-state index contributed by atoms with van der Waals surface area (Å²) in [5.41, 5.74) is 3.58. The minimum atomic E-state index is -1.79. The molecule has 0 N–H and O–H groups in total. The van der Waals surface area contributed by atoms with E-state index in [1.807, 2.05) is 30.3 Å². The molecular weight excluding hydrogens is 524 g/mol. The Balaban J connectivity index is 0.000000618. The molecule has 4 unspecified atom stereocenters. The second-order valence-corrected chi connectivity index (χ2v) is 20.2. The Kier molecular flexibility index (Phi) is 11.6. The van der Waals surface area contributed by atoms with Crippen molar-refractivity contribution in [2.24, 2.45) is 11.8 Å². The molecule has 2 aromatic rings. The number of hydrogen-bond acceptors (Lipinski definition) is 0. The molecule has 0 heterocycles. The molecule has 1 aliphatic carbocycles. The molecule has 0 saturated heterocycles. The second-order valence-electron chi connectivity index (χ2n) is 11.9. The predicted molar refractivity (Wildman–Crippen MR) is 153 cm³/mol. The number of benzene rings is 2. The van der Waals surface area contributed by atoms with Crippen molar-refractivity contribution >= 4 is 22.2 Å². The molecule has 0 aliphatic heterocycles. The average molecular weight is 570 g/mol. The van der Waals surface area contributed by atoms with E-state index in [2.05, 4.69) is 105 Å². The van der Waals surface area contributed by atoms with Gasteiger partial charge in [0.2, 0.25) is 0 Å². The fourth-order valence-electron chi connectivity index (χ4n) is 6.35. The van der Waals surface area contributed by atoms with Gasteiger partial charge >= 0.3 is 26.2 Å². The van der Waals surface area contributed by atoms with Gasteiger partial charge in [-0.1, -0.05) is 126 Å². The summed E-state index contributed by atoms with van der Waals surface area (Å²) < 4.78 is 0. The van der Waals surface area contributed by atoms with E-state index >= 15 is 0 Å². The largest absolute Gasteiger partial charge is 4.00 e. The predicted octanol–water partition coefficient (Wildman–Crippen LogP) is 9.76. The summed E-state index contributed by atoms with van der Waals surface area (Å²) in [6.45, 7) is 27.7. The normalized spacial score (nSPS) is 23.5. The zero-order valence-corrected chi connectivity index (χ0v) is 27.6. The Hall–Kier alpha value is -0.613. The van der Waals surface area contributed by atoms with Gasteiger partial charge in [0, 0.05) is 0 Å². The van der Waals surface area contributed by atoms with Gasteiger partial charge in [-0.3, -0.25) is 0 Å². The van der Waals surface area contributed by atoms with Crippen LogP contribution in [0.5, 0.6) is 0 Å². The van der Waals surface area contributed by atoms with Crippen molar-refractivity contribution in [2.75, 3.05) is 0 Å². The third-order valence-corrected chi connectivity index (χ3v) is 14.1. The van der Waals surface area contributed by atoms with Crippen LogP contribution in [0.15, 0.2) is 60.7 Å². The van der Waals surface area contributed by atoms with E-state index in [9.17, 15) is 0 Å². The molecule has 1 fully saturated rings. The maximum atomic E-state index is 5.36. The zero-order valence-electron chi connectivity index (χ0n) is 23.2. The van der Waals surface area contributed by atoms with Gasteiger partial charge in [-0.05, 0) is 0 Å². The maximum Gasteiger partial charge on any atom is 4.00 e. The van der Waals surface area contributed by atoms with Crippen LogP contribution in [0, 0.1) is 24.7 Å². The fourth-order valence-corrected chi connectivity index (χ4v) is 15.1. The van der Waals surface area contributed by atoms with Gasteiger partial charge in [-0.15, -0.1) is 23.4 Å².